The Morgan fingerprint density at radius 2 is 2.09 bits per heavy atom. The Morgan fingerprint density at radius 3 is 2.55 bits per heavy atom. The van der Waals surface area contributed by atoms with Gasteiger partial charge in [-0.3, -0.25) is 5.32 Å². The zero-order chi connectivity index (χ0) is 8.69. The first-order valence-corrected chi connectivity index (χ1v) is 4.23. The first-order chi connectivity index (χ1) is 5.20. The second-order valence-electron chi connectivity index (χ2n) is 2.63. The fraction of sp³-hybridized carbons (Fsp3) is 1.00. The van der Waals surface area contributed by atoms with Crippen LogP contribution in [0.5, 0.6) is 0 Å². The first-order valence-electron chi connectivity index (χ1n) is 4.23. The van der Waals surface area contributed by atoms with Crippen LogP contribution in [0.25, 0.3) is 0 Å². The molecule has 0 spiro atoms. The predicted octanol–water partition coefficient (Wildman–Crippen LogP) is 0.729. The molecule has 0 amide bonds. The molecule has 0 rings (SSSR count). The third kappa shape index (κ3) is 6.28. The number of nitrogens with one attached hydrogen (secondary N) is 1. The zero-order valence-electron chi connectivity index (χ0n) is 7.63. The number of likely N-dealkylation sites (N-methyl/N-ethyl adjacent to an activating group) is 1. The highest BCUT2D eigenvalue weighted by Gasteiger charge is 2.03. The van der Waals surface area contributed by atoms with Gasteiger partial charge in [-0.25, -0.2) is 0 Å². The third-order valence-electron chi connectivity index (χ3n) is 1.55. The van der Waals surface area contributed by atoms with Crippen molar-refractivity contribution in [1.82, 2.24) is 5.32 Å². The predicted molar refractivity (Wildman–Crippen MR) is 45.4 cm³/mol. The Labute approximate surface area is 68.8 Å². The lowest BCUT2D eigenvalue weighted by Gasteiger charge is -2.15. The fourth-order valence-corrected chi connectivity index (χ4v) is 0.668. The second kappa shape index (κ2) is 6.58. The van der Waals surface area contributed by atoms with Gasteiger partial charge in [-0.1, -0.05) is 13.8 Å². The summed E-state index contributed by atoms with van der Waals surface area (Å²) in [6.45, 7) is 7.16. The van der Waals surface area contributed by atoms with Crippen molar-refractivity contribution in [3.05, 3.63) is 0 Å². The molecule has 11 heavy (non-hydrogen) atoms. The van der Waals surface area contributed by atoms with Crippen molar-refractivity contribution in [3.8, 4) is 0 Å². The SMILES string of the molecule is CCNC(O)COC(C)CC. The van der Waals surface area contributed by atoms with Crippen molar-refractivity contribution in [3.63, 3.8) is 0 Å². The summed E-state index contributed by atoms with van der Waals surface area (Å²) in [7, 11) is 0. The molecule has 2 N–H and O–H groups in total. The minimum absolute atomic E-state index is 0.239. The number of rotatable bonds is 6. The van der Waals surface area contributed by atoms with Crippen LogP contribution in [0, 0.1) is 0 Å². The average molecular weight is 161 g/mol. The lowest BCUT2D eigenvalue weighted by Crippen LogP contribution is -2.34. The summed E-state index contributed by atoms with van der Waals surface area (Å²) in [5, 5.41) is 12.0. The summed E-state index contributed by atoms with van der Waals surface area (Å²) >= 11 is 0. The molecule has 0 aromatic carbocycles. The Kier molecular flexibility index (Phi) is 6.51. The normalized spacial score (nSPS) is 16.4. The third-order valence-corrected chi connectivity index (χ3v) is 1.55. The van der Waals surface area contributed by atoms with Gasteiger partial charge in [0.25, 0.3) is 0 Å². The molecule has 0 aromatic heterocycles. The van der Waals surface area contributed by atoms with Crippen LogP contribution in [0.2, 0.25) is 0 Å². The van der Waals surface area contributed by atoms with Crippen LogP contribution in [0.4, 0.5) is 0 Å². The van der Waals surface area contributed by atoms with Crippen molar-refractivity contribution in [1.29, 1.82) is 0 Å². The molecule has 68 valence electrons. The molecule has 0 saturated carbocycles. The van der Waals surface area contributed by atoms with Gasteiger partial charge < -0.3 is 9.84 Å². The number of aliphatic hydroxyl groups is 1. The monoisotopic (exact) mass is 161 g/mol. The van der Waals surface area contributed by atoms with Crippen molar-refractivity contribution in [2.24, 2.45) is 0 Å². The van der Waals surface area contributed by atoms with E-state index >= 15 is 0 Å². The highest BCUT2D eigenvalue weighted by molar-refractivity contribution is 4.51. The Morgan fingerprint density at radius 1 is 1.45 bits per heavy atom. The van der Waals surface area contributed by atoms with Crippen LogP contribution in [0.3, 0.4) is 0 Å². The van der Waals surface area contributed by atoms with Crippen molar-refractivity contribution >= 4 is 0 Å². The molecule has 0 heterocycles. The van der Waals surface area contributed by atoms with Crippen molar-refractivity contribution in [2.45, 2.75) is 39.5 Å². The Hall–Kier alpha value is -0.120. The van der Waals surface area contributed by atoms with Gasteiger partial charge in [0.1, 0.15) is 6.23 Å². The minimum atomic E-state index is -0.519. The second-order valence-corrected chi connectivity index (χ2v) is 2.63. The van der Waals surface area contributed by atoms with Crippen molar-refractivity contribution < 1.29 is 9.84 Å². The van der Waals surface area contributed by atoms with E-state index in [-0.39, 0.29) is 6.10 Å². The molecule has 3 heteroatoms. The lowest BCUT2D eigenvalue weighted by molar-refractivity contribution is -0.0151. The summed E-state index contributed by atoms with van der Waals surface area (Å²) in [6.07, 6.45) is 0.705. The van der Waals surface area contributed by atoms with Gasteiger partial charge in [0.05, 0.1) is 12.7 Å². The number of aliphatic hydroxyl groups excluding tert-OH is 1. The summed E-state index contributed by atoms with van der Waals surface area (Å²) < 4.78 is 5.29. The molecule has 0 fully saturated rings. The highest BCUT2D eigenvalue weighted by atomic mass is 16.5. The van der Waals surface area contributed by atoms with Crippen LogP contribution in [0.1, 0.15) is 27.2 Å². The van der Waals surface area contributed by atoms with Gasteiger partial charge in [0.2, 0.25) is 0 Å². The molecule has 0 aliphatic rings. The lowest BCUT2D eigenvalue weighted by atomic mass is 10.3. The maximum absolute atomic E-state index is 9.16. The van der Waals surface area contributed by atoms with Gasteiger partial charge in [0.15, 0.2) is 0 Å². The molecule has 0 aliphatic carbocycles. The van der Waals surface area contributed by atoms with E-state index in [1.165, 1.54) is 0 Å². The average Bonchev–Trinajstić information content (AvgIpc) is 2.01. The number of ether oxygens (including phenoxy) is 1. The first kappa shape index (κ1) is 10.9. The summed E-state index contributed by atoms with van der Waals surface area (Å²) in [5.74, 6) is 0. The molecule has 0 bridgehead atoms. The van der Waals surface area contributed by atoms with E-state index < -0.39 is 6.23 Å². The smallest absolute Gasteiger partial charge is 0.128 e. The van der Waals surface area contributed by atoms with Gasteiger partial charge in [-0.15, -0.1) is 0 Å². The Balaban J connectivity index is 3.22. The standard InChI is InChI=1S/C8H19NO2/c1-4-7(3)11-6-8(10)9-5-2/h7-10H,4-6H2,1-3H3. The fourth-order valence-electron chi connectivity index (χ4n) is 0.668. The maximum atomic E-state index is 9.16. The van der Waals surface area contributed by atoms with E-state index in [1.807, 2.05) is 13.8 Å². The molecular formula is C8H19NO2. The van der Waals surface area contributed by atoms with Gasteiger partial charge in [-0.2, -0.15) is 0 Å². The van der Waals surface area contributed by atoms with Gasteiger partial charge in [-0.05, 0) is 19.9 Å². The van der Waals surface area contributed by atoms with Crippen LogP contribution >= 0.6 is 0 Å². The topological polar surface area (TPSA) is 41.5 Å². The molecular weight excluding hydrogens is 142 g/mol. The zero-order valence-corrected chi connectivity index (χ0v) is 7.63. The molecule has 0 aliphatic heterocycles. The molecule has 0 aromatic rings. The van der Waals surface area contributed by atoms with Crippen molar-refractivity contribution in [2.75, 3.05) is 13.2 Å². The minimum Gasteiger partial charge on any atom is -0.376 e. The quantitative estimate of drug-likeness (QED) is 0.564. The maximum Gasteiger partial charge on any atom is 0.128 e. The van der Waals surface area contributed by atoms with E-state index in [2.05, 4.69) is 12.2 Å². The largest absolute Gasteiger partial charge is 0.376 e. The summed E-state index contributed by atoms with van der Waals surface area (Å²) in [5.41, 5.74) is 0. The van der Waals surface area contributed by atoms with E-state index in [0.29, 0.717) is 6.61 Å². The molecule has 2 atom stereocenters. The van der Waals surface area contributed by atoms with Crippen LogP contribution in [-0.2, 0) is 4.74 Å². The van der Waals surface area contributed by atoms with E-state index in [4.69, 9.17) is 9.84 Å². The molecule has 3 nitrogen and oxygen atoms in total. The van der Waals surface area contributed by atoms with E-state index in [0.717, 1.165) is 13.0 Å². The van der Waals surface area contributed by atoms with E-state index in [9.17, 15) is 0 Å². The summed E-state index contributed by atoms with van der Waals surface area (Å²) in [6, 6.07) is 0. The molecule has 0 saturated heterocycles. The van der Waals surface area contributed by atoms with Crippen LogP contribution in [0.15, 0.2) is 0 Å². The van der Waals surface area contributed by atoms with Crippen LogP contribution in [-0.4, -0.2) is 30.6 Å². The van der Waals surface area contributed by atoms with Gasteiger partial charge >= 0.3 is 0 Å². The number of hydrogen-bond donors (Lipinski definition) is 2. The molecule has 2 unspecified atom stereocenters. The van der Waals surface area contributed by atoms with Gasteiger partial charge in [0, 0.05) is 0 Å². The summed E-state index contributed by atoms with van der Waals surface area (Å²) in [4.78, 5) is 0. The van der Waals surface area contributed by atoms with Crippen LogP contribution < -0.4 is 5.32 Å². The molecule has 0 radical (unpaired) electrons. The highest BCUT2D eigenvalue weighted by Crippen LogP contribution is 1.95. The van der Waals surface area contributed by atoms with E-state index in [1.54, 1.807) is 0 Å². The Bertz CT molecular complexity index is 88.2. The number of hydrogen-bond acceptors (Lipinski definition) is 3.